The van der Waals surface area contributed by atoms with Gasteiger partial charge in [0.25, 0.3) is 0 Å². The third-order valence-corrected chi connectivity index (χ3v) is 4.77. The van der Waals surface area contributed by atoms with E-state index in [-0.39, 0.29) is 6.17 Å². The number of thiazole rings is 1. The summed E-state index contributed by atoms with van der Waals surface area (Å²) in [4.78, 5) is 7.00. The molecule has 2 N–H and O–H groups in total. The van der Waals surface area contributed by atoms with E-state index in [1.54, 1.807) is 11.3 Å². The molecule has 3 rings (SSSR count). The molecule has 2 aromatic carbocycles. The molecule has 0 aliphatic heterocycles. The number of rotatable bonds is 4. The molecular formula is C19H21N3S. The summed E-state index contributed by atoms with van der Waals surface area (Å²) in [5, 5.41) is 0. The van der Waals surface area contributed by atoms with Crippen LogP contribution in [0.4, 0.5) is 5.69 Å². The predicted molar refractivity (Wildman–Crippen MR) is 97.7 cm³/mol. The zero-order chi connectivity index (χ0) is 16.2. The molecule has 3 aromatic rings. The average molecular weight is 323 g/mol. The Hall–Kier alpha value is -2.17. The Morgan fingerprint density at radius 1 is 1.04 bits per heavy atom. The molecule has 1 unspecified atom stereocenters. The highest BCUT2D eigenvalue weighted by molar-refractivity contribution is 7.09. The SMILES string of the molecule is CCC(N)n1c(-c2ccccc2)c(C)sc1=Nc1ccccc1. The van der Waals surface area contributed by atoms with Gasteiger partial charge >= 0.3 is 0 Å². The lowest BCUT2D eigenvalue weighted by molar-refractivity contribution is 0.499. The van der Waals surface area contributed by atoms with E-state index in [1.165, 1.54) is 16.1 Å². The van der Waals surface area contributed by atoms with E-state index < -0.39 is 0 Å². The van der Waals surface area contributed by atoms with Crippen molar-refractivity contribution in [2.75, 3.05) is 0 Å². The van der Waals surface area contributed by atoms with Gasteiger partial charge in [0.05, 0.1) is 17.5 Å². The van der Waals surface area contributed by atoms with E-state index in [9.17, 15) is 0 Å². The van der Waals surface area contributed by atoms with Gasteiger partial charge in [0.1, 0.15) is 0 Å². The molecule has 0 saturated heterocycles. The first-order chi connectivity index (χ1) is 11.2. The predicted octanol–water partition coefficient (Wildman–Crippen LogP) is 4.62. The molecule has 23 heavy (non-hydrogen) atoms. The average Bonchev–Trinajstić information content (AvgIpc) is 2.91. The highest BCUT2D eigenvalue weighted by Crippen LogP contribution is 2.27. The first-order valence-corrected chi connectivity index (χ1v) is 8.65. The molecule has 0 aliphatic rings. The second-order valence-electron chi connectivity index (χ2n) is 5.45. The fraction of sp³-hybridized carbons (Fsp3) is 0.211. The standard InChI is InChI=1S/C19H21N3S/c1-3-17(20)22-18(15-10-6-4-7-11-15)14(2)23-19(22)21-16-12-8-5-9-13-16/h4-13,17H,3,20H2,1-2H3. The van der Waals surface area contributed by atoms with Crippen LogP contribution in [0.25, 0.3) is 11.3 Å². The Morgan fingerprint density at radius 3 is 2.26 bits per heavy atom. The summed E-state index contributed by atoms with van der Waals surface area (Å²) >= 11 is 1.69. The molecule has 1 atom stereocenters. The van der Waals surface area contributed by atoms with Gasteiger partial charge in [-0.25, -0.2) is 4.99 Å². The van der Waals surface area contributed by atoms with Gasteiger partial charge in [0.15, 0.2) is 4.80 Å². The van der Waals surface area contributed by atoms with Gasteiger partial charge in [-0.2, -0.15) is 0 Å². The maximum atomic E-state index is 6.41. The van der Waals surface area contributed by atoms with Crippen LogP contribution in [0.3, 0.4) is 0 Å². The van der Waals surface area contributed by atoms with Crippen LogP contribution in [-0.2, 0) is 0 Å². The van der Waals surface area contributed by atoms with Gasteiger partial charge in [0.2, 0.25) is 0 Å². The monoisotopic (exact) mass is 323 g/mol. The molecule has 0 fully saturated rings. The van der Waals surface area contributed by atoms with Gasteiger partial charge in [-0.15, -0.1) is 11.3 Å². The number of para-hydroxylation sites is 1. The molecule has 1 aromatic heterocycles. The number of aromatic nitrogens is 1. The van der Waals surface area contributed by atoms with Gasteiger partial charge in [0, 0.05) is 4.88 Å². The zero-order valence-electron chi connectivity index (χ0n) is 13.4. The van der Waals surface area contributed by atoms with Crippen LogP contribution in [0.15, 0.2) is 65.7 Å². The number of hydrogen-bond donors (Lipinski definition) is 1. The fourth-order valence-corrected chi connectivity index (χ4v) is 3.68. The van der Waals surface area contributed by atoms with E-state index in [0.29, 0.717) is 0 Å². The molecule has 118 valence electrons. The van der Waals surface area contributed by atoms with E-state index in [4.69, 9.17) is 10.7 Å². The minimum absolute atomic E-state index is 0.0855. The summed E-state index contributed by atoms with van der Waals surface area (Å²) in [6.07, 6.45) is 0.774. The first kappa shape index (κ1) is 15.7. The second kappa shape index (κ2) is 6.94. The molecule has 0 amide bonds. The van der Waals surface area contributed by atoms with Crippen LogP contribution in [0.5, 0.6) is 0 Å². The smallest absolute Gasteiger partial charge is 0.191 e. The summed E-state index contributed by atoms with van der Waals surface area (Å²) in [5.41, 5.74) is 9.71. The minimum Gasteiger partial charge on any atom is -0.311 e. The number of aryl methyl sites for hydroxylation is 1. The van der Waals surface area contributed by atoms with Crippen molar-refractivity contribution in [3.63, 3.8) is 0 Å². The lowest BCUT2D eigenvalue weighted by atomic mass is 10.1. The Bertz CT molecular complexity index is 832. The Morgan fingerprint density at radius 2 is 1.65 bits per heavy atom. The van der Waals surface area contributed by atoms with E-state index in [0.717, 1.165) is 16.9 Å². The number of nitrogens with two attached hydrogens (primary N) is 1. The highest BCUT2D eigenvalue weighted by atomic mass is 32.1. The lowest BCUT2D eigenvalue weighted by Gasteiger charge is -2.16. The fourth-order valence-electron chi connectivity index (χ4n) is 2.62. The molecule has 0 aliphatic carbocycles. The van der Waals surface area contributed by atoms with Gasteiger partial charge < -0.3 is 10.3 Å². The maximum Gasteiger partial charge on any atom is 0.191 e. The Kier molecular flexibility index (Phi) is 4.74. The molecule has 4 heteroatoms. The van der Waals surface area contributed by atoms with Crippen molar-refractivity contribution in [1.82, 2.24) is 4.57 Å². The summed E-state index contributed by atoms with van der Waals surface area (Å²) in [6, 6.07) is 20.4. The summed E-state index contributed by atoms with van der Waals surface area (Å²) in [6.45, 7) is 4.24. The molecule has 1 heterocycles. The van der Waals surface area contributed by atoms with Crippen molar-refractivity contribution < 1.29 is 0 Å². The second-order valence-corrected chi connectivity index (χ2v) is 6.63. The largest absolute Gasteiger partial charge is 0.311 e. The molecule has 3 nitrogen and oxygen atoms in total. The molecule has 0 radical (unpaired) electrons. The topological polar surface area (TPSA) is 43.3 Å². The molecule has 0 spiro atoms. The van der Waals surface area contributed by atoms with Crippen LogP contribution in [-0.4, -0.2) is 4.57 Å². The number of benzene rings is 2. The van der Waals surface area contributed by atoms with Crippen molar-refractivity contribution in [2.45, 2.75) is 26.4 Å². The third kappa shape index (κ3) is 3.28. The van der Waals surface area contributed by atoms with Gasteiger partial charge in [-0.05, 0) is 31.0 Å². The molecule has 0 saturated carbocycles. The highest BCUT2D eigenvalue weighted by Gasteiger charge is 2.16. The number of nitrogens with zero attached hydrogens (tertiary/aromatic N) is 2. The van der Waals surface area contributed by atoms with Gasteiger partial charge in [-0.1, -0.05) is 55.5 Å². The normalized spacial score (nSPS) is 13.3. The van der Waals surface area contributed by atoms with Crippen molar-refractivity contribution in [2.24, 2.45) is 10.7 Å². The Labute approximate surface area is 140 Å². The van der Waals surface area contributed by atoms with E-state index in [1.807, 2.05) is 36.4 Å². The summed E-state index contributed by atoms with van der Waals surface area (Å²) in [5.74, 6) is 0. The Balaban J connectivity index is 2.24. The van der Waals surface area contributed by atoms with Crippen LogP contribution < -0.4 is 10.5 Å². The summed E-state index contributed by atoms with van der Waals surface area (Å²) in [7, 11) is 0. The molecule has 0 bridgehead atoms. The quantitative estimate of drug-likeness (QED) is 0.747. The minimum atomic E-state index is -0.0855. The van der Waals surface area contributed by atoms with Crippen LogP contribution in [0.2, 0.25) is 0 Å². The van der Waals surface area contributed by atoms with Crippen LogP contribution >= 0.6 is 11.3 Å². The van der Waals surface area contributed by atoms with Crippen molar-refractivity contribution in [1.29, 1.82) is 0 Å². The van der Waals surface area contributed by atoms with Crippen LogP contribution in [0.1, 0.15) is 24.4 Å². The number of hydrogen-bond acceptors (Lipinski definition) is 3. The lowest BCUT2D eigenvalue weighted by Crippen LogP contribution is -2.27. The van der Waals surface area contributed by atoms with Gasteiger partial charge in [-0.3, -0.25) is 0 Å². The first-order valence-electron chi connectivity index (χ1n) is 7.83. The maximum absolute atomic E-state index is 6.41. The summed E-state index contributed by atoms with van der Waals surface area (Å²) < 4.78 is 2.17. The van der Waals surface area contributed by atoms with Crippen molar-refractivity contribution >= 4 is 17.0 Å². The van der Waals surface area contributed by atoms with Crippen molar-refractivity contribution in [3.05, 3.63) is 70.3 Å². The third-order valence-electron chi connectivity index (χ3n) is 3.80. The van der Waals surface area contributed by atoms with E-state index >= 15 is 0 Å². The van der Waals surface area contributed by atoms with E-state index in [2.05, 4.69) is 42.7 Å². The molecular weight excluding hydrogens is 302 g/mol. The zero-order valence-corrected chi connectivity index (χ0v) is 14.3. The van der Waals surface area contributed by atoms with Crippen LogP contribution in [0, 0.1) is 6.92 Å². The van der Waals surface area contributed by atoms with Crippen molar-refractivity contribution in [3.8, 4) is 11.3 Å².